The Hall–Kier alpha value is -2.60. The first kappa shape index (κ1) is 52.4. The Morgan fingerprint density at radius 3 is 1.70 bits per heavy atom. The summed E-state index contributed by atoms with van der Waals surface area (Å²) in [7, 11) is 0. The Balaban J connectivity index is 2.41. The molecule has 0 spiro atoms. The number of hydrogen-bond acceptors (Lipinski definition) is 10. The summed E-state index contributed by atoms with van der Waals surface area (Å²) in [5.74, 6) is -1.09. The number of carbonyl (C=O) groups excluding carboxylic acids is 2. The number of esters is 2. The number of rotatable bonds is 36. The fourth-order valence-electron chi connectivity index (χ4n) is 6.40. The van der Waals surface area contributed by atoms with Crippen LogP contribution in [0.3, 0.4) is 0 Å². The molecule has 2 unspecified atom stereocenters. The van der Waals surface area contributed by atoms with Crippen molar-refractivity contribution in [1.82, 2.24) is 0 Å². The molecule has 1 heterocycles. The third-order valence-corrected chi connectivity index (χ3v) is 9.98. The average Bonchev–Trinajstić information content (AvgIpc) is 3.21. The Morgan fingerprint density at radius 1 is 0.596 bits per heavy atom. The minimum absolute atomic E-state index is 0.228. The number of carbonyl (C=O) groups is 2. The van der Waals surface area contributed by atoms with Crippen LogP contribution in [0, 0.1) is 0 Å². The van der Waals surface area contributed by atoms with Gasteiger partial charge >= 0.3 is 11.9 Å². The van der Waals surface area contributed by atoms with Gasteiger partial charge in [0.15, 0.2) is 12.4 Å². The van der Waals surface area contributed by atoms with Gasteiger partial charge in [0.25, 0.3) is 0 Å². The molecule has 0 radical (unpaired) electrons. The second-order valence-electron chi connectivity index (χ2n) is 15.2. The van der Waals surface area contributed by atoms with Gasteiger partial charge < -0.3 is 39.4 Å². The molecular formula is C47H80O10. The van der Waals surface area contributed by atoms with E-state index < -0.39 is 55.4 Å². The molecule has 57 heavy (non-hydrogen) atoms. The number of hydrogen-bond donors (Lipinski definition) is 4. The molecule has 1 aliphatic heterocycles. The van der Waals surface area contributed by atoms with Crippen LogP contribution in [0.4, 0.5) is 0 Å². The molecule has 1 aliphatic rings. The molecule has 10 nitrogen and oxygen atoms in total. The minimum atomic E-state index is -1.62. The Morgan fingerprint density at radius 2 is 1.11 bits per heavy atom. The van der Waals surface area contributed by atoms with E-state index in [1.165, 1.54) is 96.0 Å². The van der Waals surface area contributed by atoms with Gasteiger partial charge in [0, 0.05) is 12.5 Å². The molecule has 1 saturated heterocycles. The number of aliphatic hydroxyl groups is 4. The fourth-order valence-corrected chi connectivity index (χ4v) is 6.40. The lowest BCUT2D eigenvalue weighted by Gasteiger charge is -2.39. The normalized spacial score (nSPS) is 20.8. The van der Waals surface area contributed by atoms with Crippen molar-refractivity contribution in [3.63, 3.8) is 0 Å². The van der Waals surface area contributed by atoms with Crippen LogP contribution in [0.15, 0.2) is 60.8 Å². The molecule has 0 aromatic heterocycles. The zero-order valence-corrected chi connectivity index (χ0v) is 35.6. The van der Waals surface area contributed by atoms with E-state index in [-0.39, 0.29) is 19.6 Å². The minimum Gasteiger partial charge on any atom is -0.462 e. The van der Waals surface area contributed by atoms with Crippen molar-refractivity contribution in [3.05, 3.63) is 60.8 Å². The second kappa shape index (κ2) is 37.7. The van der Waals surface area contributed by atoms with Crippen LogP contribution in [-0.2, 0) is 28.5 Å². The number of aliphatic hydroxyl groups excluding tert-OH is 4. The van der Waals surface area contributed by atoms with Crippen LogP contribution in [0.25, 0.3) is 0 Å². The van der Waals surface area contributed by atoms with Crippen molar-refractivity contribution in [2.75, 3.05) is 19.8 Å². The average molecular weight is 805 g/mol. The first-order chi connectivity index (χ1) is 27.8. The molecule has 0 amide bonds. The molecule has 0 bridgehead atoms. The molecule has 0 aromatic rings. The lowest BCUT2D eigenvalue weighted by molar-refractivity contribution is -0.305. The predicted molar refractivity (Wildman–Crippen MR) is 228 cm³/mol. The summed E-state index contributed by atoms with van der Waals surface area (Å²) in [4.78, 5) is 25.2. The second-order valence-corrected chi connectivity index (χ2v) is 15.2. The van der Waals surface area contributed by atoms with Crippen LogP contribution in [-0.4, -0.2) is 89.0 Å². The van der Waals surface area contributed by atoms with E-state index in [1.54, 1.807) is 12.2 Å². The van der Waals surface area contributed by atoms with Gasteiger partial charge in [-0.2, -0.15) is 0 Å². The highest BCUT2D eigenvalue weighted by molar-refractivity contribution is 5.82. The zero-order chi connectivity index (χ0) is 41.6. The van der Waals surface area contributed by atoms with Crippen molar-refractivity contribution in [3.8, 4) is 0 Å². The number of ether oxygens (including phenoxy) is 4. The number of unbranched alkanes of at least 4 members (excludes halogenated alkanes) is 18. The van der Waals surface area contributed by atoms with Crippen LogP contribution >= 0.6 is 0 Å². The first-order valence-electron chi connectivity index (χ1n) is 22.4. The molecule has 0 aliphatic carbocycles. The molecule has 328 valence electrons. The topological polar surface area (TPSA) is 152 Å². The van der Waals surface area contributed by atoms with E-state index in [9.17, 15) is 30.0 Å². The van der Waals surface area contributed by atoms with Gasteiger partial charge in [0.1, 0.15) is 31.0 Å². The SMILES string of the molecule is CCCCC/C=C/C/C=C/C/C=C/CCCCCCC(=O)OC[C@@H](CO[C@H]1O[C@@H](CO)[C@@H](O)C(O)C1O)OC(=O)/C=C/C=C/CCCCCCCCCCCCC. The van der Waals surface area contributed by atoms with E-state index in [4.69, 9.17) is 18.9 Å². The summed E-state index contributed by atoms with van der Waals surface area (Å²) in [6.45, 7) is 3.25. The lowest BCUT2D eigenvalue weighted by Crippen LogP contribution is -2.59. The van der Waals surface area contributed by atoms with Crippen molar-refractivity contribution in [2.45, 2.75) is 205 Å². The summed E-state index contributed by atoms with van der Waals surface area (Å²) < 4.78 is 21.9. The van der Waals surface area contributed by atoms with Crippen LogP contribution in [0.1, 0.15) is 168 Å². The zero-order valence-electron chi connectivity index (χ0n) is 35.6. The van der Waals surface area contributed by atoms with Gasteiger partial charge in [-0.15, -0.1) is 0 Å². The van der Waals surface area contributed by atoms with E-state index in [2.05, 4.69) is 50.3 Å². The van der Waals surface area contributed by atoms with E-state index in [0.29, 0.717) is 6.42 Å². The largest absolute Gasteiger partial charge is 0.462 e. The lowest BCUT2D eigenvalue weighted by atomic mass is 9.99. The molecule has 0 aromatic carbocycles. The van der Waals surface area contributed by atoms with Gasteiger partial charge in [0.05, 0.1) is 13.2 Å². The summed E-state index contributed by atoms with van der Waals surface area (Å²) in [5.41, 5.74) is 0. The summed E-state index contributed by atoms with van der Waals surface area (Å²) in [6.07, 6.45) is 38.5. The molecule has 1 fully saturated rings. The molecule has 4 N–H and O–H groups in total. The number of allylic oxidation sites excluding steroid dienone is 9. The van der Waals surface area contributed by atoms with Crippen LogP contribution in [0.2, 0.25) is 0 Å². The van der Waals surface area contributed by atoms with Crippen molar-refractivity contribution in [1.29, 1.82) is 0 Å². The standard InChI is InChI=1S/C47H80O10/c1-3-5-7-9-11-13-15-17-19-20-22-23-25-27-29-31-33-35-42(49)54-38-40(39-55-47-46(53)45(52)44(51)41(37-48)57-47)56-43(50)36-34-32-30-28-26-24-21-18-16-14-12-10-8-6-4-2/h11,13,17,19,22-23,30,32,34,36,40-41,44-48,51-53H,3-10,12,14-16,18,20-21,24-29,31,33,35,37-39H2,1-2H3/b13-11+,19-17+,23-22+,32-30+,36-34+/t40-,41-,44+,45?,46?,47-/m0/s1. The predicted octanol–water partition coefficient (Wildman–Crippen LogP) is 9.44. The summed E-state index contributed by atoms with van der Waals surface area (Å²) >= 11 is 0. The molecule has 0 saturated carbocycles. The van der Waals surface area contributed by atoms with E-state index in [1.807, 2.05) is 6.08 Å². The third kappa shape index (κ3) is 29.3. The Bertz CT molecular complexity index is 1110. The Labute approximate surface area is 345 Å². The van der Waals surface area contributed by atoms with Gasteiger partial charge in [-0.1, -0.05) is 158 Å². The summed E-state index contributed by atoms with van der Waals surface area (Å²) in [5, 5.41) is 40.0. The van der Waals surface area contributed by atoms with Crippen molar-refractivity contribution >= 4 is 11.9 Å². The highest BCUT2D eigenvalue weighted by atomic mass is 16.7. The smallest absolute Gasteiger partial charge is 0.331 e. The van der Waals surface area contributed by atoms with Gasteiger partial charge in [-0.05, 0) is 57.8 Å². The van der Waals surface area contributed by atoms with E-state index >= 15 is 0 Å². The maximum Gasteiger partial charge on any atom is 0.331 e. The monoisotopic (exact) mass is 805 g/mol. The molecule has 10 heteroatoms. The van der Waals surface area contributed by atoms with Gasteiger partial charge in [0.2, 0.25) is 0 Å². The molecule has 1 rings (SSSR count). The maximum absolute atomic E-state index is 12.7. The quantitative estimate of drug-likeness (QED) is 0.0159. The van der Waals surface area contributed by atoms with Crippen LogP contribution in [0.5, 0.6) is 0 Å². The van der Waals surface area contributed by atoms with Crippen molar-refractivity contribution in [2.24, 2.45) is 0 Å². The highest BCUT2D eigenvalue weighted by Gasteiger charge is 2.44. The maximum atomic E-state index is 12.7. The van der Waals surface area contributed by atoms with Crippen molar-refractivity contribution < 1.29 is 49.0 Å². The highest BCUT2D eigenvalue weighted by Crippen LogP contribution is 2.22. The first-order valence-corrected chi connectivity index (χ1v) is 22.4. The van der Waals surface area contributed by atoms with E-state index in [0.717, 1.165) is 51.4 Å². The Kier molecular flexibility index (Phi) is 34.6. The fraction of sp³-hybridized carbons (Fsp3) is 0.745. The third-order valence-electron chi connectivity index (χ3n) is 9.98. The molecular weight excluding hydrogens is 725 g/mol. The summed E-state index contributed by atoms with van der Waals surface area (Å²) in [6, 6.07) is 0. The molecule has 6 atom stereocenters. The van der Waals surface area contributed by atoms with Gasteiger partial charge in [-0.3, -0.25) is 4.79 Å². The van der Waals surface area contributed by atoms with Crippen LogP contribution < -0.4 is 0 Å². The van der Waals surface area contributed by atoms with Gasteiger partial charge in [-0.25, -0.2) is 4.79 Å².